The number of H-pyrrole nitrogens is 1. The lowest BCUT2D eigenvalue weighted by Gasteiger charge is -2.20. The van der Waals surface area contributed by atoms with E-state index in [1.54, 1.807) is 30.9 Å². The van der Waals surface area contributed by atoms with E-state index in [0.717, 1.165) is 16.9 Å². The van der Waals surface area contributed by atoms with Gasteiger partial charge >= 0.3 is 6.03 Å². The first-order valence-corrected chi connectivity index (χ1v) is 5.44. The monoisotopic (exact) mass is 232 g/mol. The van der Waals surface area contributed by atoms with Crippen LogP contribution in [0.25, 0.3) is 11.0 Å². The number of aromatic nitrogens is 2. The highest BCUT2D eigenvalue weighted by atomic mass is 16.2. The van der Waals surface area contributed by atoms with E-state index in [4.69, 9.17) is 0 Å². The van der Waals surface area contributed by atoms with Gasteiger partial charge in [0.2, 0.25) is 0 Å². The normalized spacial score (nSPS) is 10.5. The molecule has 17 heavy (non-hydrogen) atoms. The molecule has 0 saturated heterocycles. The van der Waals surface area contributed by atoms with Crippen LogP contribution in [-0.2, 0) is 6.54 Å². The molecule has 1 aromatic heterocycles. The molecule has 0 radical (unpaired) electrons. The fourth-order valence-electron chi connectivity index (χ4n) is 1.71. The van der Waals surface area contributed by atoms with Gasteiger partial charge in [0.1, 0.15) is 5.82 Å². The SMILES string of the molecule is CN(C)C(=O)N(C)Cc1nc2ccccc2[nH]1. The highest BCUT2D eigenvalue weighted by Gasteiger charge is 2.12. The zero-order chi connectivity index (χ0) is 12.4. The molecule has 0 spiro atoms. The Bertz CT molecular complexity index is 499. The van der Waals surface area contributed by atoms with Crippen LogP contribution in [0.2, 0.25) is 0 Å². The van der Waals surface area contributed by atoms with Gasteiger partial charge in [0.05, 0.1) is 17.6 Å². The lowest BCUT2D eigenvalue weighted by atomic mass is 10.3. The Balaban J connectivity index is 2.16. The predicted molar refractivity (Wildman–Crippen MR) is 66.6 cm³/mol. The van der Waals surface area contributed by atoms with E-state index in [1.165, 1.54) is 0 Å². The fraction of sp³-hybridized carbons (Fsp3) is 0.333. The molecule has 0 unspecified atom stereocenters. The molecule has 0 bridgehead atoms. The second kappa shape index (κ2) is 4.45. The fourth-order valence-corrected chi connectivity index (χ4v) is 1.71. The average molecular weight is 232 g/mol. The van der Waals surface area contributed by atoms with Crippen molar-refractivity contribution in [2.75, 3.05) is 21.1 Å². The quantitative estimate of drug-likeness (QED) is 0.856. The number of amides is 2. The van der Waals surface area contributed by atoms with Crippen LogP contribution in [0.4, 0.5) is 4.79 Å². The first-order chi connectivity index (χ1) is 8.08. The largest absolute Gasteiger partial charge is 0.340 e. The van der Waals surface area contributed by atoms with E-state index in [9.17, 15) is 4.79 Å². The molecule has 2 rings (SSSR count). The van der Waals surface area contributed by atoms with Crippen molar-refractivity contribution in [1.82, 2.24) is 19.8 Å². The van der Waals surface area contributed by atoms with Crippen LogP contribution in [0.5, 0.6) is 0 Å². The van der Waals surface area contributed by atoms with Gasteiger partial charge in [0, 0.05) is 21.1 Å². The van der Waals surface area contributed by atoms with Crippen molar-refractivity contribution < 1.29 is 4.79 Å². The van der Waals surface area contributed by atoms with E-state index >= 15 is 0 Å². The van der Waals surface area contributed by atoms with Crippen molar-refractivity contribution >= 4 is 17.1 Å². The maximum absolute atomic E-state index is 11.7. The maximum atomic E-state index is 11.7. The summed E-state index contributed by atoms with van der Waals surface area (Å²) in [7, 11) is 5.23. The zero-order valence-corrected chi connectivity index (χ0v) is 10.3. The number of imidazole rings is 1. The highest BCUT2D eigenvalue weighted by Crippen LogP contribution is 2.11. The Kier molecular flexibility index (Phi) is 2.99. The molecule has 0 saturated carbocycles. The molecule has 90 valence electrons. The van der Waals surface area contributed by atoms with Crippen molar-refractivity contribution in [3.63, 3.8) is 0 Å². The van der Waals surface area contributed by atoms with E-state index in [2.05, 4.69) is 9.97 Å². The van der Waals surface area contributed by atoms with Crippen molar-refractivity contribution in [1.29, 1.82) is 0 Å². The second-order valence-electron chi connectivity index (χ2n) is 4.23. The predicted octanol–water partition coefficient (Wildman–Crippen LogP) is 1.68. The van der Waals surface area contributed by atoms with Crippen LogP contribution in [-0.4, -0.2) is 46.9 Å². The standard InChI is InChI=1S/C12H16N4O/c1-15(2)12(17)16(3)8-11-13-9-6-4-5-7-10(9)14-11/h4-7H,8H2,1-3H3,(H,13,14). The minimum absolute atomic E-state index is 0.0366. The Morgan fingerprint density at radius 2 is 2.00 bits per heavy atom. The molecule has 0 fully saturated rings. The summed E-state index contributed by atoms with van der Waals surface area (Å²) in [6.07, 6.45) is 0. The summed E-state index contributed by atoms with van der Waals surface area (Å²) in [6, 6.07) is 7.79. The van der Waals surface area contributed by atoms with Gasteiger partial charge in [-0.05, 0) is 12.1 Å². The molecule has 1 heterocycles. The topological polar surface area (TPSA) is 52.2 Å². The third-order valence-corrected chi connectivity index (χ3v) is 2.53. The number of aromatic amines is 1. The Morgan fingerprint density at radius 1 is 1.29 bits per heavy atom. The van der Waals surface area contributed by atoms with Gasteiger partial charge in [0.15, 0.2) is 0 Å². The summed E-state index contributed by atoms with van der Waals surface area (Å²) in [6.45, 7) is 0.478. The minimum Gasteiger partial charge on any atom is -0.340 e. The van der Waals surface area contributed by atoms with Crippen LogP contribution < -0.4 is 0 Å². The van der Waals surface area contributed by atoms with Crippen LogP contribution in [0.3, 0.4) is 0 Å². The summed E-state index contributed by atoms with van der Waals surface area (Å²) in [5.74, 6) is 0.795. The lowest BCUT2D eigenvalue weighted by molar-refractivity contribution is 0.179. The Labute approximate surface area is 100 Å². The first kappa shape index (κ1) is 11.4. The number of nitrogens with one attached hydrogen (secondary N) is 1. The third-order valence-electron chi connectivity index (χ3n) is 2.53. The molecule has 0 atom stereocenters. The van der Waals surface area contributed by atoms with Gasteiger partial charge in [-0.15, -0.1) is 0 Å². The van der Waals surface area contributed by atoms with Crippen LogP contribution in [0, 0.1) is 0 Å². The number of hydrogen-bond donors (Lipinski definition) is 1. The molecule has 0 aliphatic heterocycles. The number of benzene rings is 1. The highest BCUT2D eigenvalue weighted by molar-refractivity contribution is 5.75. The number of fused-ring (bicyclic) bond motifs is 1. The minimum atomic E-state index is -0.0366. The number of urea groups is 1. The summed E-state index contributed by atoms with van der Waals surface area (Å²) in [5, 5.41) is 0. The first-order valence-electron chi connectivity index (χ1n) is 5.44. The summed E-state index contributed by atoms with van der Waals surface area (Å²) < 4.78 is 0. The molecule has 0 aliphatic carbocycles. The molecule has 2 amide bonds. The van der Waals surface area contributed by atoms with Crippen LogP contribution in [0.15, 0.2) is 24.3 Å². The number of hydrogen-bond acceptors (Lipinski definition) is 2. The number of para-hydroxylation sites is 2. The second-order valence-corrected chi connectivity index (χ2v) is 4.23. The van der Waals surface area contributed by atoms with E-state index in [-0.39, 0.29) is 6.03 Å². The number of carbonyl (C=O) groups is 1. The summed E-state index contributed by atoms with van der Waals surface area (Å²) in [5.41, 5.74) is 1.92. The summed E-state index contributed by atoms with van der Waals surface area (Å²) >= 11 is 0. The van der Waals surface area contributed by atoms with Crippen molar-refractivity contribution in [2.24, 2.45) is 0 Å². The zero-order valence-electron chi connectivity index (χ0n) is 10.3. The van der Waals surface area contributed by atoms with Gasteiger partial charge in [0.25, 0.3) is 0 Å². The van der Waals surface area contributed by atoms with Crippen LogP contribution in [0.1, 0.15) is 5.82 Å². The van der Waals surface area contributed by atoms with Gasteiger partial charge in [-0.25, -0.2) is 9.78 Å². The molecule has 1 N–H and O–H groups in total. The van der Waals surface area contributed by atoms with Gasteiger partial charge < -0.3 is 14.8 Å². The Morgan fingerprint density at radius 3 is 2.65 bits per heavy atom. The molecule has 5 nitrogen and oxygen atoms in total. The Hall–Kier alpha value is -2.04. The van der Waals surface area contributed by atoms with Crippen LogP contribution >= 0.6 is 0 Å². The van der Waals surface area contributed by atoms with Crippen molar-refractivity contribution in [3.8, 4) is 0 Å². The number of rotatable bonds is 2. The average Bonchev–Trinajstić information content (AvgIpc) is 2.69. The summed E-state index contributed by atoms with van der Waals surface area (Å²) in [4.78, 5) is 22.5. The van der Waals surface area contributed by atoms with Gasteiger partial charge in [-0.2, -0.15) is 0 Å². The molecule has 5 heteroatoms. The number of nitrogens with zero attached hydrogens (tertiary/aromatic N) is 3. The molecule has 2 aromatic rings. The molecule has 0 aliphatic rings. The number of carbonyl (C=O) groups excluding carboxylic acids is 1. The smallest absolute Gasteiger partial charge is 0.319 e. The van der Waals surface area contributed by atoms with E-state index in [1.807, 2.05) is 24.3 Å². The third kappa shape index (κ3) is 2.38. The van der Waals surface area contributed by atoms with E-state index in [0.29, 0.717) is 6.54 Å². The van der Waals surface area contributed by atoms with Crippen molar-refractivity contribution in [2.45, 2.75) is 6.54 Å². The van der Waals surface area contributed by atoms with Gasteiger partial charge in [-0.3, -0.25) is 0 Å². The lowest BCUT2D eigenvalue weighted by Crippen LogP contribution is -2.36. The molecular weight excluding hydrogens is 216 g/mol. The van der Waals surface area contributed by atoms with Gasteiger partial charge in [-0.1, -0.05) is 12.1 Å². The van der Waals surface area contributed by atoms with E-state index < -0.39 is 0 Å². The maximum Gasteiger partial charge on any atom is 0.319 e. The molecule has 1 aromatic carbocycles. The molecular formula is C12H16N4O. The van der Waals surface area contributed by atoms with Crippen molar-refractivity contribution in [3.05, 3.63) is 30.1 Å².